The van der Waals surface area contributed by atoms with Crippen molar-refractivity contribution < 1.29 is 0 Å². The van der Waals surface area contributed by atoms with Crippen molar-refractivity contribution in [3.8, 4) is 0 Å². The van der Waals surface area contributed by atoms with E-state index in [0.717, 1.165) is 0 Å². The monoisotopic (exact) mass is 108 g/mol. The minimum atomic E-state index is 0.491. The molecule has 0 aliphatic heterocycles. The van der Waals surface area contributed by atoms with Crippen LogP contribution in [-0.4, -0.2) is 16.5 Å². The lowest BCUT2D eigenvalue weighted by Gasteiger charge is -1.97. The maximum atomic E-state index is 4.03. The van der Waals surface area contributed by atoms with Crippen LogP contribution in [0.3, 0.4) is 0 Å². The fourth-order valence-electron chi connectivity index (χ4n) is 0.586. The minimum absolute atomic E-state index is 0.491. The van der Waals surface area contributed by atoms with Gasteiger partial charge >= 0.3 is 0 Å². The SMILES string of the molecule is CB(C)n1cccn1. The fraction of sp³-hybridized carbons (Fsp3) is 0.400. The van der Waals surface area contributed by atoms with Gasteiger partial charge in [0.05, 0.1) is 0 Å². The number of nitrogens with zero attached hydrogens (tertiary/aromatic N) is 2. The zero-order valence-electron chi connectivity index (χ0n) is 5.20. The lowest BCUT2D eigenvalue weighted by atomic mass is 9.69. The molecule has 0 aliphatic carbocycles. The van der Waals surface area contributed by atoms with E-state index >= 15 is 0 Å². The molecule has 0 spiro atoms. The van der Waals surface area contributed by atoms with Gasteiger partial charge < -0.3 is 4.59 Å². The average Bonchev–Trinajstić information content (AvgIpc) is 2.12. The molecule has 0 atom stereocenters. The Kier molecular flexibility index (Phi) is 1.37. The molecule has 0 unspecified atom stereocenters. The Morgan fingerprint density at radius 3 is 2.50 bits per heavy atom. The van der Waals surface area contributed by atoms with Crippen molar-refractivity contribution in [3.63, 3.8) is 0 Å². The van der Waals surface area contributed by atoms with Gasteiger partial charge in [0.1, 0.15) is 0 Å². The van der Waals surface area contributed by atoms with E-state index in [4.69, 9.17) is 0 Å². The second-order valence-electron chi connectivity index (χ2n) is 2.08. The van der Waals surface area contributed by atoms with Gasteiger partial charge in [-0.3, -0.25) is 0 Å². The molecule has 42 valence electrons. The summed E-state index contributed by atoms with van der Waals surface area (Å²) >= 11 is 0. The largest absolute Gasteiger partial charge is 0.318 e. The molecule has 3 heteroatoms. The molecule has 1 aromatic heterocycles. The molecule has 0 amide bonds. The van der Waals surface area contributed by atoms with E-state index in [0.29, 0.717) is 6.85 Å². The Morgan fingerprint density at radius 2 is 2.25 bits per heavy atom. The van der Waals surface area contributed by atoms with Gasteiger partial charge in [0.15, 0.2) is 0 Å². The van der Waals surface area contributed by atoms with Gasteiger partial charge in [0, 0.05) is 12.4 Å². The maximum absolute atomic E-state index is 4.03. The maximum Gasteiger partial charge on any atom is 0.277 e. The van der Waals surface area contributed by atoms with Gasteiger partial charge in [-0.25, -0.2) is 0 Å². The second-order valence-corrected chi connectivity index (χ2v) is 2.08. The van der Waals surface area contributed by atoms with Gasteiger partial charge in [-0.15, -0.1) is 0 Å². The van der Waals surface area contributed by atoms with Crippen LogP contribution in [0.15, 0.2) is 18.5 Å². The standard InChI is InChI=1S/C5H9BN2/c1-6(2)8-5-3-4-7-8/h3-5H,1-2H3. The molecule has 0 saturated heterocycles. The van der Waals surface area contributed by atoms with Crippen molar-refractivity contribution in [2.45, 2.75) is 13.6 Å². The minimum Gasteiger partial charge on any atom is -0.318 e. The van der Waals surface area contributed by atoms with E-state index < -0.39 is 0 Å². The summed E-state index contributed by atoms with van der Waals surface area (Å²) in [6.07, 6.45) is 3.75. The van der Waals surface area contributed by atoms with Crippen molar-refractivity contribution >= 4 is 6.85 Å². The van der Waals surface area contributed by atoms with Crippen LogP contribution in [0.5, 0.6) is 0 Å². The summed E-state index contributed by atoms with van der Waals surface area (Å²) in [7, 11) is 0. The van der Waals surface area contributed by atoms with E-state index in [9.17, 15) is 0 Å². The topological polar surface area (TPSA) is 17.8 Å². The fourth-order valence-corrected chi connectivity index (χ4v) is 0.586. The first-order chi connectivity index (χ1) is 3.80. The van der Waals surface area contributed by atoms with Crippen LogP contribution in [0.1, 0.15) is 0 Å². The third-order valence-corrected chi connectivity index (χ3v) is 1.05. The van der Waals surface area contributed by atoms with Crippen molar-refractivity contribution in [2.75, 3.05) is 0 Å². The summed E-state index contributed by atoms with van der Waals surface area (Å²) in [6.45, 7) is 4.70. The second kappa shape index (κ2) is 2.03. The van der Waals surface area contributed by atoms with Crippen LogP contribution in [0.2, 0.25) is 13.6 Å². The molecule has 0 N–H and O–H groups in total. The summed E-state index contributed by atoms with van der Waals surface area (Å²) in [5, 5.41) is 4.03. The molecule has 0 saturated carbocycles. The molecule has 1 aromatic rings. The summed E-state index contributed by atoms with van der Waals surface area (Å²) in [5.74, 6) is 0. The molecule has 0 radical (unpaired) electrons. The zero-order valence-corrected chi connectivity index (χ0v) is 5.20. The number of hydrogen-bond donors (Lipinski definition) is 0. The van der Waals surface area contributed by atoms with Crippen molar-refractivity contribution in [1.29, 1.82) is 0 Å². The van der Waals surface area contributed by atoms with Gasteiger partial charge in [0.25, 0.3) is 6.85 Å². The highest BCUT2D eigenvalue weighted by Crippen LogP contribution is 1.85. The Morgan fingerprint density at radius 1 is 1.50 bits per heavy atom. The first kappa shape index (κ1) is 5.41. The first-order valence-electron chi connectivity index (χ1n) is 2.80. The summed E-state index contributed by atoms with van der Waals surface area (Å²) in [4.78, 5) is 0. The third kappa shape index (κ3) is 0.913. The lowest BCUT2D eigenvalue weighted by Crippen LogP contribution is -2.15. The number of rotatable bonds is 1. The molecule has 0 aliphatic rings. The molecular formula is C5H9BN2. The number of hydrogen-bond acceptors (Lipinski definition) is 1. The van der Waals surface area contributed by atoms with E-state index in [1.807, 2.05) is 16.9 Å². The number of aromatic nitrogens is 2. The van der Waals surface area contributed by atoms with Crippen LogP contribution in [0.4, 0.5) is 0 Å². The smallest absolute Gasteiger partial charge is 0.277 e. The normalized spacial score (nSPS) is 9.25. The van der Waals surface area contributed by atoms with Crippen LogP contribution in [0, 0.1) is 0 Å². The predicted octanol–water partition coefficient (Wildman–Crippen LogP) is 0.982. The van der Waals surface area contributed by atoms with Crippen LogP contribution >= 0.6 is 0 Å². The van der Waals surface area contributed by atoms with Crippen LogP contribution < -0.4 is 0 Å². The molecule has 0 fully saturated rings. The van der Waals surface area contributed by atoms with Crippen LogP contribution in [-0.2, 0) is 0 Å². The van der Waals surface area contributed by atoms with Gasteiger partial charge in [-0.1, -0.05) is 13.6 Å². The summed E-state index contributed by atoms with van der Waals surface area (Å²) in [6, 6.07) is 1.93. The van der Waals surface area contributed by atoms with Gasteiger partial charge in [-0.2, -0.15) is 5.10 Å². The van der Waals surface area contributed by atoms with E-state index in [1.165, 1.54) is 0 Å². The quantitative estimate of drug-likeness (QED) is 0.490. The molecule has 1 heterocycles. The lowest BCUT2D eigenvalue weighted by molar-refractivity contribution is 0.958. The first-order valence-corrected chi connectivity index (χ1v) is 2.80. The highest BCUT2D eigenvalue weighted by atomic mass is 15.2. The average molecular weight is 108 g/mol. The van der Waals surface area contributed by atoms with Gasteiger partial charge in [0.2, 0.25) is 0 Å². The highest BCUT2D eigenvalue weighted by Gasteiger charge is 1.98. The summed E-state index contributed by atoms with van der Waals surface area (Å²) in [5.41, 5.74) is 0. The highest BCUT2D eigenvalue weighted by molar-refractivity contribution is 6.53. The summed E-state index contributed by atoms with van der Waals surface area (Å²) < 4.78 is 1.92. The van der Waals surface area contributed by atoms with Crippen LogP contribution in [0.25, 0.3) is 0 Å². The van der Waals surface area contributed by atoms with E-state index in [1.54, 1.807) is 6.20 Å². The van der Waals surface area contributed by atoms with Crippen molar-refractivity contribution in [3.05, 3.63) is 18.5 Å². The Hall–Kier alpha value is -0.725. The van der Waals surface area contributed by atoms with Gasteiger partial charge in [-0.05, 0) is 6.07 Å². The molecule has 2 nitrogen and oxygen atoms in total. The van der Waals surface area contributed by atoms with Crippen molar-refractivity contribution in [1.82, 2.24) is 9.69 Å². The molecule has 0 bridgehead atoms. The Labute approximate surface area is 49.6 Å². The third-order valence-electron chi connectivity index (χ3n) is 1.05. The van der Waals surface area contributed by atoms with E-state index in [-0.39, 0.29) is 0 Å². The molecule has 1 rings (SSSR count). The predicted molar refractivity (Wildman–Crippen MR) is 35.1 cm³/mol. The van der Waals surface area contributed by atoms with Crippen molar-refractivity contribution in [2.24, 2.45) is 0 Å². The van der Waals surface area contributed by atoms with E-state index in [2.05, 4.69) is 18.7 Å². The molecular weight excluding hydrogens is 98.9 g/mol. The zero-order chi connectivity index (χ0) is 5.98. The Bertz CT molecular complexity index is 145. The molecule has 0 aromatic carbocycles. The molecule has 8 heavy (non-hydrogen) atoms. The Balaban J connectivity index is 2.77.